The van der Waals surface area contributed by atoms with E-state index in [0.717, 1.165) is 5.75 Å². The van der Waals surface area contributed by atoms with Crippen LogP contribution in [0, 0.1) is 0 Å². The van der Waals surface area contributed by atoms with E-state index < -0.39 is 47.4 Å². The summed E-state index contributed by atoms with van der Waals surface area (Å²) in [5.41, 5.74) is 0. The van der Waals surface area contributed by atoms with Crippen LogP contribution in [0.4, 0.5) is 0 Å². The second-order valence-corrected chi connectivity index (χ2v) is 9.06. The van der Waals surface area contributed by atoms with Crippen LogP contribution in [-0.2, 0) is 38.1 Å². The van der Waals surface area contributed by atoms with Gasteiger partial charge in [0.1, 0.15) is 12.7 Å². The smallest absolute Gasteiger partial charge is 0.303 e. The van der Waals surface area contributed by atoms with E-state index in [1.54, 1.807) is 11.8 Å². The quantitative estimate of drug-likeness (QED) is 0.425. The molecule has 0 spiro atoms. The molecular weight excluding hydrogens is 396 g/mol. The summed E-state index contributed by atoms with van der Waals surface area (Å²) in [4.78, 5) is 46.0. The lowest BCUT2D eigenvalue weighted by atomic mass is 10.0. The van der Waals surface area contributed by atoms with Crippen LogP contribution in [0.5, 0.6) is 0 Å². The predicted molar refractivity (Wildman–Crippen MR) is 101 cm³/mol. The second-order valence-electron chi connectivity index (χ2n) is 5.89. The number of carbonyl (C=O) groups is 4. The van der Waals surface area contributed by atoms with E-state index in [1.807, 2.05) is 6.92 Å². The minimum atomic E-state index is -0.848. The van der Waals surface area contributed by atoms with Crippen LogP contribution in [0.1, 0.15) is 41.0 Å². The van der Waals surface area contributed by atoms with Crippen LogP contribution in [0.25, 0.3) is 0 Å². The van der Waals surface area contributed by atoms with E-state index in [-0.39, 0.29) is 11.2 Å². The third-order valence-electron chi connectivity index (χ3n) is 3.53. The van der Waals surface area contributed by atoms with Gasteiger partial charge in [-0.15, -0.1) is 23.5 Å². The van der Waals surface area contributed by atoms with Crippen molar-refractivity contribution < 1.29 is 38.1 Å². The Kier molecular flexibility index (Phi) is 10.00. The number of hydrogen-bond donors (Lipinski definition) is 0. The molecule has 0 radical (unpaired) electrons. The number of carbonyl (C=O) groups excluding carboxylic acids is 4. The van der Waals surface area contributed by atoms with Gasteiger partial charge in [-0.3, -0.25) is 19.2 Å². The first-order valence-electron chi connectivity index (χ1n) is 8.56. The van der Waals surface area contributed by atoms with Crippen LogP contribution < -0.4 is 0 Å². The summed E-state index contributed by atoms with van der Waals surface area (Å²) in [5.74, 6) is -1.28. The molecule has 27 heavy (non-hydrogen) atoms. The Balaban J connectivity index is 3.18. The highest BCUT2D eigenvalue weighted by molar-refractivity contribution is 8.17. The molecule has 5 atom stereocenters. The fourth-order valence-electron chi connectivity index (χ4n) is 2.71. The molecule has 0 unspecified atom stereocenters. The average molecular weight is 423 g/mol. The Morgan fingerprint density at radius 2 is 1.63 bits per heavy atom. The van der Waals surface area contributed by atoms with Crippen molar-refractivity contribution >= 4 is 47.4 Å². The summed E-state index contributed by atoms with van der Waals surface area (Å²) < 4.78 is 21.3. The van der Waals surface area contributed by atoms with Crippen LogP contribution in [-0.4, -0.2) is 64.4 Å². The summed E-state index contributed by atoms with van der Waals surface area (Å²) in [6.45, 7) is 6.86. The first kappa shape index (κ1) is 23.6. The van der Waals surface area contributed by atoms with E-state index in [2.05, 4.69) is 0 Å². The third kappa shape index (κ3) is 8.42. The van der Waals surface area contributed by atoms with Gasteiger partial charge in [0.15, 0.2) is 12.2 Å². The molecule has 0 aliphatic carbocycles. The Bertz CT molecular complexity index is 553. The van der Waals surface area contributed by atoms with E-state index >= 15 is 0 Å². The molecule has 1 rings (SSSR count). The van der Waals surface area contributed by atoms with Crippen molar-refractivity contribution in [2.75, 3.05) is 12.4 Å². The molecule has 0 amide bonds. The summed E-state index contributed by atoms with van der Waals surface area (Å²) in [5, 5.41) is -0.556. The Labute approximate surface area is 167 Å². The maximum atomic E-state index is 11.6. The first-order valence-corrected chi connectivity index (χ1v) is 10.5. The molecule has 0 aromatic heterocycles. The molecule has 0 N–H and O–H groups in total. The van der Waals surface area contributed by atoms with E-state index in [0.29, 0.717) is 6.42 Å². The van der Waals surface area contributed by atoms with Gasteiger partial charge in [-0.25, -0.2) is 0 Å². The largest absolute Gasteiger partial charge is 0.462 e. The van der Waals surface area contributed by atoms with Crippen molar-refractivity contribution in [3.63, 3.8) is 0 Å². The number of thioether (sulfide) groups is 2. The molecule has 154 valence electrons. The number of hydrogen-bond acceptors (Lipinski definition) is 10. The zero-order chi connectivity index (χ0) is 20.6. The molecule has 1 saturated heterocycles. The van der Waals surface area contributed by atoms with Gasteiger partial charge in [0.2, 0.25) is 0 Å². The number of esters is 4. The van der Waals surface area contributed by atoms with E-state index in [4.69, 9.17) is 18.9 Å². The SMILES string of the molecule is CCS[C@H]1C[C@H](OC(C)=O)[C@@H](OC(C)=O)[C@@H]([C@@H](COC(C)=O)OC(C)=O)S1. The Morgan fingerprint density at radius 3 is 2.11 bits per heavy atom. The fraction of sp³-hybridized carbons (Fsp3) is 0.765. The van der Waals surface area contributed by atoms with Crippen molar-refractivity contribution in [3.05, 3.63) is 0 Å². The highest BCUT2D eigenvalue weighted by atomic mass is 32.2. The molecule has 10 heteroatoms. The van der Waals surface area contributed by atoms with Crippen molar-refractivity contribution in [3.8, 4) is 0 Å². The minimum absolute atomic E-state index is 0.0338. The molecule has 8 nitrogen and oxygen atoms in total. The van der Waals surface area contributed by atoms with Gasteiger partial charge in [-0.05, 0) is 5.75 Å². The topological polar surface area (TPSA) is 105 Å². The van der Waals surface area contributed by atoms with Gasteiger partial charge in [0, 0.05) is 34.1 Å². The third-order valence-corrected chi connectivity index (χ3v) is 6.55. The molecular formula is C17H26O8S2. The van der Waals surface area contributed by atoms with E-state index in [1.165, 1.54) is 39.5 Å². The Morgan fingerprint density at radius 1 is 1.00 bits per heavy atom. The minimum Gasteiger partial charge on any atom is -0.462 e. The molecule has 0 bridgehead atoms. The first-order chi connectivity index (χ1) is 12.6. The number of ether oxygens (including phenoxy) is 4. The van der Waals surface area contributed by atoms with Crippen molar-refractivity contribution in [1.29, 1.82) is 0 Å². The normalized spacial score (nSPS) is 25.8. The molecule has 0 aromatic carbocycles. The van der Waals surface area contributed by atoms with Crippen molar-refractivity contribution in [1.82, 2.24) is 0 Å². The molecule has 1 heterocycles. The van der Waals surface area contributed by atoms with Crippen LogP contribution in [0.2, 0.25) is 0 Å². The zero-order valence-corrected chi connectivity index (χ0v) is 17.7. The van der Waals surface area contributed by atoms with Gasteiger partial charge >= 0.3 is 23.9 Å². The van der Waals surface area contributed by atoms with Crippen LogP contribution in [0.3, 0.4) is 0 Å². The highest BCUT2D eigenvalue weighted by Crippen LogP contribution is 2.43. The lowest BCUT2D eigenvalue weighted by Gasteiger charge is -2.42. The predicted octanol–water partition coefficient (Wildman–Crippen LogP) is 1.93. The van der Waals surface area contributed by atoms with Gasteiger partial charge in [-0.1, -0.05) is 6.92 Å². The Hall–Kier alpha value is -1.42. The van der Waals surface area contributed by atoms with Crippen molar-refractivity contribution in [2.45, 2.75) is 69.2 Å². The summed E-state index contributed by atoms with van der Waals surface area (Å²) in [6, 6.07) is 0. The summed E-state index contributed by atoms with van der Waals surface area (Å²) >= 11 is 3.12. The monoisotopic (exact) mass is 422 g/mol. The van der Waals surface area contributed by atoms with Crippen molar-refractivity contribution in [2.24, 2.45) is 0 Å². The molecule has 1 aliphatic heterocycles. The maximum Gasteiger partial charge on any atom is 0.303 e. The highest BCUT2D eigenvalue weighted by Gasteiger charge is 2.47. The van der Waals surface area contributed by atoms with Crippen LogP contribution >= 0.6 is 23.5 Å². The van der Waals surface area contributed by atoms with Gasteiger partial charge in [0.25, 0.3) is 0 Å². The van der Waals surface area contributed by atoms with Crippen LogP contribution in [0.15, 0.2) is 0 Å². The molecule has 1 fully saturated rings. The van der Waals surface area contributed by atoms with E-state index in [9.17, 15) is 19.2 Å². The molecule has 0 aromatic rings. The van der Waals surface area contributed by atoms with Gasteiger partial charge in [-0.2, -0.15) is 0 Å². The summed E-state index contributed by atoms with van der Waals surface area (Å²) in [6.07, 6.45) is -1.88. The lowest BCUT2D eigenvalue weighted by Crippen LogP contribution is -2.53. The zero-order valence-electron chi connectivity index (χ0n) is 16.1. The second kappa shape index (κ2) is 11.4. The standard InChI is InChI=1S/C17H26O8S2/c1-6-26-15-7-13(23-10(3)19)16(25-12(5)21)17(27-15)14(24-11(4)20)8-22-9(2)18/h13-17H,6-8H2,1-5H3/t13-,14+,15+,16+,17+/m0/s1. The van der Waals surface area contributed by atoms with Gasteiger partial charge in [0.05, 0.1) is 9.83 Å². The fourth-order valence-corrected chi connectivity index (χ4v) is 5.86. The van der Waals surface area contributed by atoms with Gasteiger partial charge < -0.3 is 18.9 Å². The molecule has 1 aliphatic rings. The number of rotatable bonds is 8. The molecule has 0 saturated carbocycles. The average Bonchev–Trinajstić information content (AvgIpc) is 2.52. The lowest BCUT2D eigenvalue weighted by molar-refractivity contribution is -0.172. The maximum absolute atomic E-state index is 11.6. The summed E-state index contributed by atoms with van der Waals surface area (Å²) in [7, 11) is 0.